The van der Waals surface area contributed by atoms with Crippen LogP contribution in [0, 0.1) is 0 Å². The van der Waals surface area contributed by atoms with Crippen LogP contribution in [0.2, 0.25) is 0 Å². The number of benzene rings is 1. The zero-order valence-corrected chi connectivity index (χ0v) is 10.5. The van der Waals surface area contributed by atoms with Gasteiger partial charge in [-0.1, -0.05) is 40.5 Å². The molecule has 0 saturated carbocycles. The number of hydrogen-bond acceptors (Lipinski definition) is 3. The second-order valence-corrected chi connectivity index (χ2v) is 4.64. The van der Waals surface area contributed by atoms with Gasteiger partial charge in [-0.05, 0) is 25.0 Å². The minimum atomic E-state index is 0.190. The van der Waals surface area contributed by atoms with Crippen LogP contribution in [0.1, 0.15) is 17.5 Å². The zero-order valence-electron chi connectivity index (χ0n) is 8.99. The van der Waals surface area contributed by atoms with Crippen molar-refractivity contribution in [3.8, 4) is 5.75 Å². The topological polar surface area (TPSA) is 41.8 Å². The van der Waals surface area contributed by atoms with Crippen LogP contribution < -0.4 is 4.74 Å². The van der Waals surface area contributed by atoms with E-state index in [1.165, 1.54) is 0 Å². The van der Waals surface area contributed by atoms with Crippen molar-refractivity contribution in [3.63, 3.8) is 0 Å². The number of halogens is 2. The van der Waals surface area contributed by atoms with E-state index in [9.17, 15) is 0 Å². The van der Waals surface area contributed by atoms with Crippen molar-refractivity contribution in [2.75, 3.05) is 6.61 Å². The maximum Gasteiger partial charge on any atom is 0.123 e. The monoisotopic (exact) mass is 271 g/mol. The molecule has 1 aromatic carbocycles. The maximum absolute atomic E-state index is 8.86. The highest BCUT2D eigenvalue weighted by Gasteiger charge is 2.21. The van der Waals surface area contributed by atoms with Gasteiger partial charge >= 0.3 is 0 Å². The van der Waals surface area contributed by atoms with E-state index in [-0.39, 0.29) is 4.49 Å². The lowest BCUT2D eigenvalue weighted by Gasteiger charge is -2.08. The normalized spacial score (nSPS) is 15.8. The van der Waals surface area contributed by atoms with Gasteiger partial charge in [0.15, 0.2) is 0 Å². The largest absolute Gasteiger partial charge is 0.489 e. The van der Waals surface area contributed by atoms with Gasteiger partial charge in [0.1, 0.15) is 16.8 Å². The van der Waals surface area contributed by atoms with Crippen molar-refractivity contribution in [1.82, 2.24) is 0 Å². The molecule has 1 N–H and O–H groups in total. The van der Waals surface area contributed by atoms with Crippen LogP contribution in [-0.4, -0.2) is 17.5 Å². The summed E-state index contributed by atoms with van der Waals surface area (Å²) < 4.78 is 5.76. The third-order valence-electron chi connectivity index (χ3n) is 2.65. The molecule has 0 aromatic heterocycles. The summed E-state index contributed by atoms with van der Waals surface area (Å²) in [6, 6.07) is 5.68. The number of oxime groups is 1. The van der Waals surface area contributed by atoms with Crippen LogP contribution in [0.5, 0.6) is 5.75 Å². The van der Waals surface area contributed by atoms with Crippen LogP contribution >= 0.6 is 23.2 Å². The van der Waals surface area contributed by atoms with Crippen LogP contribution in [0.25, 0.3) is 0 Å². The van der Waals surface area contributed by atoms with E-state index < -0.39 is 0 Å². The van der Waals surface area contributed by atoms with Gasteiger partial charge in [0, 0.05) is 11.1 Å². The second kappa shape index (κ2) is 5.43. The van der Waals surface area contributed by atoms with Crippen molar-refractivity contribution in [1.29, 1.82) is 0 Å². The first-order chi connectivity index (χ1) is 8.22. The van der Waals surface area contributed by atoms with E-state index in [2.05, 4.69) is 5.16 Å². The number of rotatable bonds is 3. The number of fused-ring (bicyclic) bond motifs is 1. The first-order valence-electron chi connectivity index (χ1n) is 5.19. The molecular formula is C12H11Cl2NO2. The number of nitrogens with zero attached hydrogens (tertiary/aromatic N) is 1. The Hall–Kier alpha value is -1.19. The molecule has 1 aromatic rings. The highest BCUT2D eigenvalue weighted by atomic mass is 35.5. The van der Waals surface area contributed by atoms with Crippen LogP contribution in [0.3, 0.4) is 0 Å². The molecule has 0 unspecified atom stereocenters. The molecule has 1 aliphatic carbocycles. The highest BCUT2D eigenvalue weighted by Crippen LogP contribution is 2.30. The Morgan fingerprint density at radius 2 is 2.24 bits per heavy atom. The molecule has 0 bridgehead atoms. The third-order valence-corrected chi connectivity index (χ3v) is 2.96. The molecule has 2 rings (SSSR count). The lowest BCUT2D eigenvalue weighted by atomic mass is 10.1. The van der Waals surface area contributed by atoms with Crippen LogP contribution in [-0.2, 0) is 6.42 Å². The summed E-state index contributed by atoms with van der Waals surface area (Å²) in [5.74, 6) is 0.784. The van der Waals surface area contributed by atoms with Crippen molar-refractivity contribution >= 4 is 28.9 Å². The van der Waals surface area contributed by atoms with E-state index in [4.69, 9.17) is 33.1 Å². The molecule has 0 amide bonds. The SMILES string of the molecule is ON=C1CCc2c(OCC=C(Cl)Cl)cccc21. The van der Waals surface area contributed by atoms with E-state index >= 15 is 0 Å². The first-order valence-corrected chi connectivity index (χ1v) is 5.95. The van der Waals surface area contributed by atoms with Crippen molar-refractivity contribution in [2.45, 2.75) is 12.8 Å². The average Bonchev–Trinajstić information content (AvgIpc) is 2.72. The Balaban J connectivity index is 2.20. The van der Waals surface area contributed by atoms with E-state index in [0.717, 1.165) is 29.7 Å². The summed E-state index contributed by atoms with van der Waals surface area (Å²) in [5, 5.41) is 12.1. The summed E-state index contributed by atoms with van der Waals surface area (Å²) >= 11 is 11.0. The Morgan fingerprint density at radius 3 is 2.94 bits per heavy atom. The summed E-state index contributed by atoms with van der Waals surface area (Å²) in [4.78, 5) is 0. The predicted octanol–water partition coefficient (Wildman–Crippen LogP) is 3.51. The van der Waals surface area contributed by atoms with Crippen LogP contribution in [0.15, 0.2) is 33.9 Å². The third kappa shape index (κ3) is 2.73. The molecule has 0 spiro atoms. The molecule has 0 heterocycles. The summed E-state index contributed by atoms with van der Waals surface area (Å²) in [6.45, 7) is 0.324. The van der Waals surface area contributed by atoms with Crippen molar-refractivity contribution in [3.05, 3.63) is 39.9 Å². The molecule has 0 saturated heterocycles. The Labute approximate surface area is 109 Å². The number of hydrogen-bond donors (Lipinski definition) is 1. The van der Waals surface area contributed by atoms with Gasteiger partial charge in [-0.25, -0.2) is 0 Å². The van der Waals surface area contributed by atoms with Crippen molar-refractivity contribution in [2.24, 2.45) is 5.16 Å². The molecule has 0 aliphatic heterocycles. The Morgan fingerprint density at radius 1 is 1.41 bits per heavy atom. The predicted molar refractivity (Wildman–Crippen MR) is 68.4 cm³/mol. The van der Waals surface area contributed by atoms with Gasteiger partial charge in [-0.2, -0.15) is 0 Å². The molecule has 3 nitrogen and oxygen atoms in total. The quantitative estimate of drug-likeness (QED) is 0.675. The molecule has 0 radical (unpaired) electrons. The Bertz CT molecular complexity index is 479. The molecule has 90 valence electrons. The first kappa shape index (κ1) is 12.3. The van der Waals surface area contributed by atoms with Gasteiger partial charge in [0.2, 0.25) is 0 Å². The fraction of sp³-hybridized carbons (Fsp3) is 0.250. The Kier molecular flexibility index (Phi) is 3.92. The summed E-state index contributed by atoms with van der Waals surface area (Å²) in [5.41, 5.74) is 2.72. The van der Waals surface area contributed by atoms with Crippen molar-refractivity contribution < 1.29 is 9.94 Å². The van der Waals surface area contributed by atoms with Gasteiger partial charge < -0.3 is 9.94 Å². The molecule has 1 aliphatic rings. The fourth-order valence-electron chi connectivity index (χ4n) is 1.91. The van der Waals surface area contributed by atoms with Gasteiger partial charge in [-0.15, -0.1) is 0 Å². The maximum atomic E-state index is 8.86. The minimum Gasteiger partial charge on any atom is -0.489 e. The molecule has 17 heavy (non-hydrogen) atoms. The average molecular weight is 272 g/mol. The molecule has 0 fully saturated rings. The lowest BCUT2D eigenvalue weighted by molar-refractivity contribution is 0.318. The van der Waals surface area contributed by atoms with Gasteiger partial charge in [-0.3, -0.25) is 0 Å². The summed E-state index contributed by atoms with van der Waals surface area (Å²) in [7, 11) is 0. The smallest absolute Gasteiger partial charge is 0.123 e. The molecular weight excluding hydrogens is 261 g/mol. The van der Waals surface area contributed by atoms with Gasteiger partial charge in [0.25, 0.3) is 0 Å². The zero-order chi connectivity index (χ0) is 12.3. The fourth-order valence-corrected chi connectivity index (χ4v) is 2.03. The van der Waals surface area contributed by atoms with E-state index in [0.29, 0.717) is 12.3 Å². The van der Waals surface area contributed by atoms with E-state index in [1.54, 1.807) is 6.08 Å². The van der Waals surface area contributed by atoms with Crippen LogP contribution in [0.4, 0.5) is 0 Å². The lowest BCUT2D eigenvalue weighted by Crippen LogP contribution is -1.98. The number of ether oxygens (including phenoxy) is 1. The highest BCUT2D eigenvalue weighted by molar-refractivity contribution is 6.55. The second-order valence-electron chi connectivity index (χ2n) is 3.63. The molecule has 0 atom stereocenters. The van der Waals surface area contributed by atoms with Gasteiger partial charge in [0.05, 0.1) is 5.71 Å². The van der Waals surface area contributed by atoms with E-state index in [1.807, 2.05) is 18.2 Å². The summed E-state index contributed by atoms with van der Waals surface area (Å²) in [6.07, 6.45) is 3.14. The minimum absolute atomic E-state index is 0.190. The molecule has 5 heteroatoms. The standard InChI is InChI=1S/C12H11Cl2NO2/c13-12(14)6-7-17-11-3-1-2-8-9(11)4-5-10(8)15-16/h1-3,6,16H,4-5,7H2.